The van der Waals surface area contributed by atoms with Gasteiger partial charge in [-0.15, -0.1) is 0 Å². The smallest absolute Gasteiger partial charge is 0.305 e. The molecule has 0 heterocycles. The number of rotatable bonds is 8. The lowest BCUT2D eigenvalue weighted by Crippen LogP contribution is -2.32. The van der Waals surface area contributed by atoms with Crippen LogP contribution in [0, 0.1) is 6.92 Å². The molecule has 20 heavy (non-hydrogen) atoms. The van der Waals surface area contributed by atoms with Crippen molar-refractivity contribution in [1.82, 2.24) is 4.90 Å². The highest BCUT2D eigenvalue weighted by Gasteiger charge is 2.14. The van der Waals surface area contributed by atoms with Crippen molar-refractivity contribution < 1.29 is 14.7 Å². The molecule has 1 amide bonds. The first-order valence-corrected chi connectivity index (χ1v) is 7.08. The summed E-state index contributed by atoms with van der Waals surface area (Å²) in [6.07, 6.45) is 2.28. The maximum absolute atomic E-state index is 12.1. The number of aliphatic carboxylic acids is 1. The van der Waals surface area contributed by atoms with Gasteiger partial charge in [0.25, 0.3) is 0 Å². The van der Waals surface area contributed by atoms with Crippen molar-refractivity contribution >= 4 is 11.9 Å². The zero-order valence-electron chi connectivity index (χ0n) is 12.3. The molecule has 1 aromatic carbocycles. The third kappa shape index (κ3) is 5.87. The molecule has 0 atom stereocenters. The van der Waals surface area contributed by atoms with Crippen LogP contribution in [-0.4, -0.2) is 28.4 Å². The molecule has 0 aliphatic heterocycles. The molecule has 4 nitrogen and oxygen atoms in total. The van der Waals surface area contributed by atoms with E-state index in [0.29, 0.717) is 13.0 Å². The van der Waals surface area contributed by atoms with Gasteiger partial charge in [0.15, 0.2) is 0 Å². The van der Waals surface area contributed by atoms with Gasteiger partial charge in [0.1, 0.15) is 0 Å². The largest absolute Gasteiger partial charge is 0.481 e. The van der Waals surface area contributed by atoms with Gasteiger partial charge in [-0.3, -0.25) is 9.59 Å². The Morgan fingerprint density at radius 2 is 1.80 bits per heavy atom. The first-order chi connectivity index (χ1) is 9.52. The number of carbonyl (C=O) groups is 2. The van der Waals surface area contributed by atoms with Gasteiger partial charge in [0.05, 0.1) is 6.42 Å². The molecule has 0 bridgehead atoms. The highest BCUT2D eigenvalue weighted by atomic mass is 16.4. The van der Waals surface area contributed by atoms with E-state index in [-0.39, 0.29) is 18.9 Å². The molecule has 1 N–H and O–H groups in total. The van der Waals surface area contributed by atoms with E-state index in [1.165, 1.54) is 5.56 Å². The van der Waals surface area contributed by atoms with Crippen molar-refractivity contribution in [2.24, 2.45) is 0 Å². The van der Waals surface area contributed by atoms with Crippen LogP contribution in [0.3, 0.4) is 0 Å². The van der Waals surface area contributed by atoms with Gasteiger partial charge in [-0.05, 0) is 18.9 Å². The second kappa shape index (κ2) is 8.35. The molecule has 4 heteroatoms. The first-order valence-electron chi connectivity index (χ1n) is 7.08. The average molecular weight is 277 g/mol. The zero-order chi connectivity index (χ0) is 15.0. The number of amides is 1. The zero-order valence-corrected chi connectivity index (χ0v) is 12.3. The summed E-state index contributed by atoms with van der Waals surface area (Å²) in [7, 11) is 0. The Kier molecular flexibility index (Phi) is 6.77. The minimum Gasteiger partial charge on any atom is -0.481 e. The van der Waals surface area contributed by atoms with Gasteiger partial charge in [-0.2, -0.15) is 0 Å². The summed E-state index contributed by atoms with van der Waals surface area (Å²) in [5.74, 6) is -0.837. The summed E-state index contributed by atoms with van der Waals surface area (Å²) in [4.78, 5) is 24.5. The van der Waals surface area contributed by atoms with Crippen LogP contribution in [0.1, 0.15) is 43.7 Å². The lowest BCUT2D eigenvalue weighted by molar-refractivity contribution is -0.138. The number of aryl methyl sites for hydroxylation is 1. The standard InChI is InChI=1S/C16H23NO3/c1-3-4-5-15(18)17(11-10-16(19)20)12-14-8-6-13(2)7-9-14/h6-9H,3-5,10-12H2,1-2H3,(H,19,20). The Morgan fingerprint density at radius 1 is 1.15 bits per heavy atom. The van der Waals surface area contributed by atoms with Crippen molar-refractivity contribution in [2.45, 2.75) is 46.1 Å². The van der Waals surface area contributed by atoms with E-state index >= 15 is 0 Å². The second-order valence-corrected chi connectivity index (χ2v) is 5.05. The van der Waals surface area contributed by atoms with E-state index in [2.05, 4.69) is 0 Å². The van der Waals surface area contributed by atoms with Crippen LogP contribution in [-0.2, 0) is 16.1 Å². The van der Waals surface area contributed by atoms with E-state index in [1.807, 2.05) is 38.1 Å². The van der Waals surface area contributed by atoms with Crippen molar-refractivity contribution in [2.75, 3.05) is 6.54 Å². The molecule has 0 spiro atoms. The normalized spacial score (nSPS) is 10.3. The maximum Gasteiger partial charge on any atom is 0.305 e. The van der Waals surface area contributed by atoms with Gasteiger partial charge < -0.3 is 10.0 Å². The van der Waals surface area contributed by atoms with Crippen LogP contribution in [0.5, 0.6) is 0 Å². The summed E-state index contributed by atoms with van der Waals surface area (Å²) in [6.45, 7) is 4.80. The molecule has 0 unspecified atom stereocenters. The van der Waals surface area contributed by atoms with Gasteiger partial charge in [0, 0.05) is 19.5 Å². The van der Waals surface area contributed by atoms with Crippen molar-refractivity contribution in [3.63, 3.8) is 0 Å². The average Bonchev–Trinajstić information content (AvgIpc) is 2.42. The van der Waals surface area contributed by atoms with Gasteiger partial charge in [-0.25, -0.2) is 0 Å². The molecule has 0 fully saturated rings. The van der Waals surface area contributed by atoms with Crippen LogP contribution >= 0.6 is 0 Å². The Hall–Kier alpha value is -1.84. The SMILES string of the molecule is CCCCC(=O)N(CCC(=O)O)Cc1ccc(C)cc1. The van der Waals surface area contributed by atoms with Crippen LogP contribution < -0.4 is 0 Å². The van der Waals surface area contributed by atoms with E-state index in [1.54, 1.807) is 4.90 Å². The fourth-order valence-electron chi connectivity index (χ4n) is 1.92. The molecule has 0 aliphatic rings. The van der Waals surface area contributed by atoms with Gasteiger partial charge >= 0.3 is 5.97 Å². The number of carboxylic acid groups (broad SMARTS) is 1. The van der Waals surface area contributed by atoms with Crippen LogP contribution in [0.25, 0.3) is 0 Å². The number of unbranched alkanes of at least 4 members (excludes halogenated alkanes) is 1. The molecule has 0 radical (unpaired) electrons. The molecule has 1 aromatic rings. The summed E-state index contributed by atoms with van der Waals surface area (Å²) < 4.78 is 0. The van der Waals surface area contributed by atoms with E-state index in [4.69, 9.17) is 5.11 Å². The lowest BCUT2D eigenvalue weighted by Gasteiger charge is -2.22. The van der Waals surface area contributed by atoms with Crippen LogP contribution in [0.4, 0.5) is 0 Å². The topological polar surface area (TPSA) is 57.6 Å². The van der Waals surface area contributed by atoms with Crippen molar-refractivity contribution in [3.05, 3.63) is 35.4 Å². The minimum atomic E-state index is -0.873. The van der Waals surface area contributed by atoms with Crippen LogP contribution in [0.15, 0.2) is 24.3 Å². The molecule has 110 valence electrons. The van der Waals surface area contributed by atoms with Gasteiger partial charge in [0.2, 0.25) is 5.91 Å². The Labute approximate surface area is 120 Å². The molecule has 0 saturated carbocycles. The monoisotopic (exact) mass is 277 g/mol. The van der Waals surface area contributed by atoms with Crippen molar-refractivity contribution in [1.29, 1.82) is 0 Å². The van der Waals surface area contributed by atoms with Gasteiger partial charge in [-0.1, -0.05) is 43.2 Å². The third-order valence-electron chi connectivity index (χ3n) is 3.19. The number of carboxylic acids is 1. The lowest BCUT2D eigenvalue weighted by atomic mass is 10.1. The summed E-state index contributed by atoms with van der Waals surface area (Å²) in [6, 6.07) is 7.97. The van der Waals surface area contributed by atoms with Crippen molar-refractivity contribution in [3.8, 4) is 0 Å². The minimum absolute atomic E-state index is 0.0102. The highest BCUT2D eigenvalue weighted by Crippen LogP contribution is 2.10. The Bertz CT molecular complexity index is 440. The fourth-order valence-corrected chi connectivity index (χ4v) is 1.92. The summed E-state index contributed by atoms with van der Waals surface area (Å²) in [5.41, 5.74) is 2.20. The molecular formula is C16H23NO3. The fraction of sp³-hybridized carbons (Fsp3) is 0.500. The highest BCUT2D eigenvalue weighted by molar-refractivity contribution is 5.77. The predicted octanol–water partition coefficient (Wildman–Crippen LogP) is 2.99. The Balaban J connectivity index is 2.67. The molecule has 0 aromatic heterocycles. The van der Waals surface area contributed by atoms with E-state index in [0.717, 1.165) is 18.4 Å². The first kappa shape index (κ1) is 16.2. The van der Waals surface area contributed by atoms with Crippen LogP contribution in [0.2, 0.25) is 0 Å². The summed E-state index contributed by atoms with van der Waals surface area (Å²) >= 11 is 0. The quantitative estimate of drug-likeness (QED) is 0.794. The number of nitrogens with zero attached hydrogens (tertiary/aromatic N) is 1. The molecule has 0 saturated heterocycles. The predicted molar refractivity (Wildman–Crippen MR) is 78.4 cm³/mol. The van der Waals surface area contributed by atoms with E-state index < -0.39 is 5.97 Å². The molecule has 1 rings (SSSR count). The second-order valence-electron chi connectivity index (χ2n) is 5.05. The molecule has 0 aliphatic carbocycles. The summed E-state index contributed by atoms with van der Waals surface area (Å²) in [5, 5.41) is 8.78. The third-order valence-corrected chi connectivity index (χ3v) is 3.19. The number of carbonyl (C=O) groups excluding carboxylic acids is 1. The number of benzene rings is 1. The maximum atomic E-state index is 12.1. The molecular weight excluding hydrogens is 254 g/mol. The number of hydrogen-bond donors (Lipinski definition) is 1. The Morgan fingerprint density at radius 3 is 2.35 bits per heavy atom. The van der Waals surface area contributed by atoms with E-state index in [9.17, 15) is 9.59 Å². The number of hydrogen-bond acceptors (Lipinski definition) is 2.